The fourth-order valence-electron chi connectivity index (χ4n) is 4.72. The summed E-state index contributed by atoms with van der Waals surface area (Å²) in [6.45, 7) is 3.38. The largest absolute Gasteiger partial charge is 0.227 e. The molecule has 3 aromatic carbocycles. The zero-order valence-electron chi connectivity index (χ0n) is 19.4. The van der Waals surface area contributed by atoms with Crippen molar-refractivity contribution in [2.24, 2.45) is 0 Å². The fourth-order valence-corrected chi connectivity index (χ4v) is 4.72. The van der Waals surface area contributed by atoms with Gasteiger partial charge in [0.05, 0.1) is 6.54 Å². The quantitative estimate of drug-likeness (QED) is 0.182. The minimum absolute atomic E-state index is 0.791. The van der Waals surface area contributed by atoms with Gasteiger partial charge < -0.3 is 0 Å². The lowest BCUT2D eigenvalue weighted by atomic mass is 10.0. The van der Waals surface area contributed by atoms with Crippen molar-refractivity contribution in [3.05, 3.63) is 91.0 Å². The van der Waals surface area contributed by atoms with Crippen molar-refractivity contribution in [1.29, 1.82) is 0 Å². The van der Waals surface area contributed by atoms with Crippen LogP contribution in [0.2, 0.25) is 0 Å². The van der Waals surface area contributed by atoms with Crippen LogP contribution >= 0.6 is 0 Å². The van der Waals surface area contributed by atoms with E-state index in [1.54, 1.807) is 0 Å². The Balaban J connectivity index is 1.70. The topological polar surface area (TPSA) is 0 Å². The van der Waals surface area contributed by atoms with Crippen molar-refractivity contribution >= 4 is 17.1 Å². The second-order valence-electron chi connectivity index (χ2n) is 8.72. The average Bonchev–Trinajstić information content (AvgIpc) is 2.84. The molecule has 0 spiro atoms. The van der Waals surface area contributed by atoms with Crippen LogP contribution in [-0.2, 0) is 0 Å². The maximum atomic E-state index is 2.29. The predicted molar refractivity (Wildman–Crippen MR) is 137 cm³/mol. The first-order chi connectivity index (χ1) is 15.4. The molecule has 1 nitrogen and oxygen atoms in total. The first-order valence-corrected chi connectivity index (χ1v) is 12.4. The smallest absolute Gasteiger partial charge is 0.143 e. The third-order valence-corrected chi connectivity index (χ3v) is 6.44. The molecule has 0 heterocycles. The average molecular weight is 415 g/mol. The molecule has 164 valence electrons. The van der Waals surface area contributed by atoms with Crippen molar-refractivity contribution < 1.29 is 0 Å². The van der Waals surface area contributed by atoms with Gasteiger partial charge in [0, 0.05) is 0 Å². The van der Waals surface area contributed by atoms with Crippen LogP contribution < -0.4 is 4.48 Å². The van der Waals surface area contributed by atoms with Crippen LogP contribution in [0.25, 0.3) is 0 Å². The number of para-hydroxylation sites is 3. The number of unbranched alkanes of at least 4 members (excludes halogenated alkanes) is 9. The van der Waals surface area contributed by atoms with Gasteiger partial charge in [0.15, 0.2) is 0 Å². The Labute approximate surface area is 190 Å². The number of nitrogens with zero attached hydrogens (tertiary/aromatic N) is 1. The normalized spacial score (nSPS) is 11.5. The summed E-state index contributed by atoms with van der Waals surface area (Å²) in [6, 6.07) is 33.1. The molecule has 0 aliphatic carbocycles. The SMILES string of the molecule is CCCCCCCCCCCC[N+](c1ccccc1)(c1ccccc1)c1ccccc1. The van der Waals surface area contributed by atoms with Gasteiger partial charge in [-0.1, -0.05) is 113 Å². The lowest BCUT2D eigenvalue weighted by Crippen LogP contribution is -2.39. The molecule has 3 rings (SSSR count). The van der Waals surface area contributed by atoms with E-state index < -0.39 is 0 Å². The predicted octanol–water partition coefficient (Wildman–Crippen LogP) is 9.58. The Morgan fingerprint density at radius 3 is 1.10 bits per heavy atom. The second-order valence-corrected chi connectivity index (χ2v) is 8.72. The zero-order valence-corrected chi connectivity index (χ0v) is 19.4. The fraction of sp³-hybridized carbons (Fsp3) is 0.400. The van der Waals surface area contributed by atoms with Crippen LogP contribution in [0, 0.1) is 0 Å². The molecule has 0 amide bonds. The number of quaternary nitrogens is 1. The Bertz CT molecular complexity index is 729. The minimum atomic E-state index is 0.791. The molecule has 0 aromatic heterocycles. The summed E-state index contributed by atoms with van der Waals surface area (Å²) in [4.78, 5) is 0. The highest BCUT2D eigenvalue weighted by molar-refractivity contribution is 5.70. The monoisotopic (exact) mass is 414 g/mol. The van der Waals surface area contributed by atoms with E-state index in [0.717, 1.165) is 11.0 Å². The van der Waals surface area contributed by atoms with Gasteiger partial charge in [-0.3, -0.25) is 0 Å². The molecule has 1 heteroatoms. The lowest BCUT2D eigenvalue weighted by Gasteiger charge is -2.37. The molecule has 0 atom stereocenters. The van der Waals surface area contributed by atoms with Crippen molar-refractivity contribution in [3.63, 3.8) is 0 Å². The molecule has 0 aliphatic rings. The van der Waals surface area contributed by atoms with E-state index in [1.165, 1.54) is 81.3 Å². The van der Waals surface area contributed by atoms with E-state index >= 15 is 0 Å². The second kappa shape index (κ2) is 13.1. The van der Waals surface area contributed by atoms with Gasteiger partial charge in [0.2, 0.25) is 0 Å². The van der Waals surface area contributed by atoms with Crippen LogP contribution in [0.3, 0.4) is 0 Å². The molecule has 0 unspecified atom stereocenters. The van der Waals surface area contributed by atoms with Gasteiger partial charge in [-0.2, -0.15) is 0 Å². The standard InChI is InChI=1S/C30H40N/c1-2-3-4-5-6-7-8-9-10-20-27-31(28-21-14-11-15-22-28,29-23-16-12-17-24-29)30-25-18-13-19-26-30/h11-19,21-26H,2-10,20,27H2,1H3/q+1. The summed E-state index contributed by atoms with van der Waals surface area (Å²) >= 11 is 0. The van der Waals surface area contributed by atoms with Crippen LogP contribution in [0.4, 0.5) is 17.1 Å². The van der Waals surface area contributed by atoms with Gasteiger partial charge in [-0.25, -0.2) is 4.48 Å². The number of hydrogen-bond donors (Lipinski definition) is 0. The highest BCUT2D eigenvalue weighted by Crippen LogP contribution is 2.43. The third kappa shape index (κ3) is 6.55. The molecule has 31 heavy (non-hydrogen) atoms. The van der Waals surface area contributed by atoms with Gasteiger partial charge in [0.25, 0.3) is 0 Å². The molecule has 0 saturated carbocycles. The highest BCUT2D eigenvalue weighted by Gasteiger charge is 2.35. The van der Waals surface area contributed by atoms with Gasteiger partial charge in [-0.05, 0) is 49.2 Å². The number of hydrogen-bond acceptors (Lipinski definition) is 0. The van der Waals surface area contributed by atoms with E-state index in [0.29, 0.717) is 0 Å². The minimum Gasteiger partial charge on any atom is -0.227 e. The number of benzene rings is 3. The van der Waals surface area contributed by atoms with E-state index in [9.17, 15) is 0 Å². The molecule has 0 saturated heterocycles. The molecule has 0 bridgehead atoms. The first-order valence-electron chi connectivity index (χ1n) is 12.4. The van der Waals surface area contributed by atoms with Crippen LogP contribution in [0.1, 0.15) is 71.1 Å². The maximum absolute atomic E-state index is 2.29. The summed E-state index contributed by atoms with van der Waals surface area (Å²) in [5.74, 6) is 0. The maximum Gasteiger partial charge on any atom is 0.143 e. The van der Waals surface area contributed by atoms with Crippen LogP contribution in [0.5, 0.6) is 0 Å². The summed E-state index contributed by atoms with van der Waals surface area (Å²) in [5, 5.41) is 0. The Morgan fingerprint density at radius 2 is 0.742 bits per heavy atom. The molecule has 0 aliphatic heterocycles. The van der Waals surface area contributed by atoms with Crippen molar-refractivity contribution in [2.45, 2.75) is 71.1 Å². The molecular weight excluding hydrogens is 374 g/mol. The van der Waals surface area contributed by atoms with Crippen LogP contribution in [-0.4, -0.2) is 6.54 Å². The van der Waals surface area contributed by atoms with Crippen molar-refractivity contribution in [3.8, 4) is 0 Å². The van der Waals surface area contributed by atoms with Crippen molar-refractivity contribution in [2.75, 3.05) is 6.54 Å². The Hall–Kier alpha value is -2.38. The van der Waals surface area contributed by atoms with Crippen molar-refractivity contribution in [1.82, 2.24) is 4.48 Å². The molecule has 3 aromatic rings. The molecule has 0 N–H and O–H groups in total. The summed E-state index contributed by atoms with van der Waals surface area (Å²) in [6.07, 6.45) is 13.7. The molecular formula is C30H40N+. The lowest BCUT2D eigenvalue weighted by molar-refractivity contribution is 0.472. The van der Waals surface area contributed by atoms with E-state index in [2.05, 4.69) is 97.9 Å². The molecule has 0 radical (unpaired) electrons. The third-order valence-electron chi connectivity index (χ3n) is 6.44. The Kier molecular flexibility index (Phi) is 9.86. The summed E-state index contributed by atoms with van der Waals surface area (Å²) < 4.78 is 0.791. The molecule has 0 fully saturated rings. The van der Waals surface area contributed by atoms with E-state index in [-0.39, 0.29) is 0 Å². The van der Waals surface area contributed by atoms with E-state index in [4.69, 9.17) is 0 Å². The number of rotatable bonds is 14. The van der Waals surface area contributed by atoms with Gasteiger partial charge >= 0.3 is 0 Å². The highest BCUT2D eigenvalue weighted by atomic mass is 15.4. The zero-order chi connectivity index (χ0) is 21.6. The van der Waals surface area contributed by atoms with E-state index in [1.807, 2.05) is 0 Å². The van der Waals surface area contributed by atoms with Gasteiger partial charge in [0.1, 0.15) is 17.1 Å². The van der Waals surface area contributed by atoms with Gasteiger partial charge in [-0.15, -0.1) is 0 Å². The Morgan fingerprint density at radius 1 is 0.419 bits per heavy atom. The summed E-state index contributed by atoms with van der Waals surface area (Å²) in [7, 11) is 0. The summed E-state index contributed by atoms with van der Waals surface area (Å²) in [5.41, 5.74) is 4.03. The van der Waals surface area contributed by atoms with Crippen LogP contribution in [0.15, 0.2) is 91.0 Å². The first kappa shape index (κ1) is 23.3.